The molecule has 0 saturated heterocycles. The van der Waals surface area contributed by atoms with E-state index >= 15 is 0 Å². The summed E-state index contributed by atoms with van der Waals surface area (Å²) in [5.74, 6) is 0.775. The Hall–Kier alpha value is -5.30. The first kappa shape index (κ1) is 24.7. The minimum absolute atomic E-state index is 0.0389. The molecule has 41 heavy (non-hydrogen) atoms. The molecule has 0 spiro atoms. The second kappa shape index (κ2) is 9.71. The van der Waals surface area contributed by atoms with Gasteiger partial charge in [0.15, 0.2) is 5.82 Å². The molecule has 7 heteroatoms. The molecule has 7 aromatic rings. The monoisotopic (exact) mass is 536 g/mol. The van der Waals surface area contributed by atoms with Crippen LogP contribution in [0.25, 0.3) is 44.6 Å². The Morgan fingerprint density at radius 1 is 0.829 bits per heavy atom. The highest BCUT2D eigenvalue weighted by Gasteiger charge is 2.27. The van der Waals surface area contributed by atoms with Crippen molar-refractivity contribution in [1.29, 1.82) is 0 Å². The van der Waals surface area contributed by atoms with E-state index in [0.717, 1.165) is 61.4 Å². The summed E-state index contributed by atoms with van der Waals surface area (Å²) in [5, 5.41) is 1.01. The van der Waals surface area contributed by atoms with Crippen molar-refractivity contribution in [2.75, 3.05) is 0 Å². The van der Waals surface area contributed by atoms with Gasteiger partial charge in [0.25, 0.3) is 5.56 Å². The number of pyridine rings is 2. The molecule has 0 amide bonds. The lowest BCUT2D eigenvalue weighted by Crippen LogP contribution is -2.19. The van der Waals surface area contributed by atoms with Crippen LogP contribution in [0.5, 0.6) is 0 Å². The number of hydrogen-bond acceptors (Lipinski definition) is 4. The van der Waals surface area contributed by atoms with Gasteiger partial charge in [-0.3, -0.25) is 9.78 Å². The van der Waals surface area contributed by atoms with Crippen LogP contribution in [0.3, 0.4) is 0 Å². The third kappa shape index (κ3) is 4.14. The van der Waals surface area contributed by atoms with Gasteiger partial charge in [0.1, 0.15) is 11.7 Å². The van der Waals surface area contributed by atoms with Gasteiger partial charge in [-0.2, -0.15) is 0 Å². The molecule has 0 fully saturated rings. The topological polar surface area (TPSA) is 70.5 Å². The summed E-state index contributed by atoms with van der Waals surface area (Å²) in [5.41, 5.74) is 8.65. The van der Waals surface area contributed by atoms with Gasteiger partial charge in [-0.1, -0.05) is 54.1 Å². The molecule has 0 bridgehead atoms. The normalized spacial score (nSPS) is 12.3. The van der Waals surface area contributed by atoms with Gasteiger partial charge >= 0.3 is 0 Å². The Morgan fingerprint density at radius 3 is 2.46 bits per heavy atom. The second-order valence-electron chi connectivity index (χ2n) is 10.4. The number of hydrogen-bond donors (Lipinski definition) is 0. The molecule has 1 atom stereocenters. The first-order valence-electron chi connectivity index (χ1n) is 13.5. The van der Waals surface area contributed by atoms with Gasteiger partial charge in [-0.25, -0.2) is 9.97 Å². The van der Waals surface area contributed by atoms with Gasteiger partial charge in [0, 0.05) is 31.7 Å². The van der Waals surface area contributed by atoms with E-state index < -0.39 is 0 Å². The largest absolute Gasteiger partial charge is 0.336 e. The van der Waals surface area contributed by atoms with Crippen LogP contribution in [0.15, 0.2) is 115 Å². The van der Waals surface area contributed by atoms with Gasteiger partial charge in [-0.05, 0) is 60.0 Å². The molecule has 0 N–H and O–H groups in total. The lowest BCUT2D eigenvalue weighted by molar-refractivity contribution is 0.647. The maximum absolute atomic E-state index is 13.0. The van der Waals surface area contributed by atoms with Crippen LogP contribution in [0, 0.1) is 6.92 Å². The van der Waals surface area contributed by atoms with E-state index in [2.05, 4.69) is 57.9 Å². The van der Waals surface area contributed by atoms with Gasteiger partial charge in [-0.15, -0.1) is 0 Å². The molecule has 0 saturated carbocycles. The number of aromatic nitrogens is 6. The smallest absolute Gasteiger partial charge is 0.251 e. The number of imidazole rings is 2. The Kier molecular flexibility index (Phi) is 5.86. The Labute approximate surface area is 237 Å². The van der Waals surface area contributed by atoms with E-state index in [-0.39, 0.29) is 11.6 Å². The summed E-state index contributed by atoms with van der Waals surface area (Å²) in [6.45, 7) is 2.07. The van der Waals surface area contributed by atoms with E-state index in [1.165, 1.54) is 0 Å². The van der Waals surface area contributed by atoms with Gasteiger partial charge in [0.2, 0.25) is 0 Å². The lowest BCUT2D eigenvalue weighted by atomic mass is 9.95. The maximum atomic E-state index is 13.0. The van der Waals surface area contributed by atoms with E-state index in [4.69, 9.17) is 4.98 Å². The number of rotatable bonds is 5. The van der Waals surface area contributed by atoms with E-state index in [9.17, 15) is 4.79 Å². The number of fused-ring (bicyclic) bond motifs is 2. The standard InChI is InChI=1S/C34H28N6O/c1-22-9-8-10-23(17-22)25-19-32(41)39(3)29-15-14-24(18-26(25)29)33(31-20-35-21-38(31)2)40-30-13-5-4-11-27(30)37-34(40)28-12-6-7-16-36-28/h4-21,33H,1-3H3. The maximum Gasteiger partial charge on any atom is 0.251 e. The van der Waals surface area contributed by atoms with E-state index in [1.807, 2.05) is 79.7 Å². The van der Waals surface area contributed by atoms with Crippen LogP contribution in [-0.4, -0.2) is 28.7 Å². The predicted octanol–water partition coefficient (Wildman–Crippen LogP) is 6.30. The average Bonchev–Trinajstić information content (AvgIpc) is 3.59. The highest BCUT2D eigenvalue weighted by Crippen LogP contribution is 2.37. The lowest BCUT2D eigenvalue weighted by Gasteiger charge is -2.24. The fraction of sp³-hybridized carbons (Fsp3) is 0.118. The molecular formula is C34H28N6O. The fourth-order valence-electron chi connectivity index (χ4n) is 5.76. The molecule has 0 aliphatic carbocycles. The Morgan fingerprint density at radius 2 is 1.68 bits per heavy atom. The van der Waals surface area contributed by atoms with Gasteiger partial charge in [0.05, 0.1) is 34.8 Å². The first-order chi connectivity index (χ1) is 20.0. The average molecular weight is 537 g/mol. The highest BCUT2D eigenvalue weighted by molar-refractivity contribution is 5.95. The van der Waals surface area contributed by atoms with Crippen LogP contribution >= 0.6 is 0 Å². The number of nitrogens with zero attached hydrogens (tertiary/aromatic N) is 6. The second-order valence-corrected chi connectivity index (χ2v) is 10.4. The van der Waals surface area contributed by atoms with Crippen LogP contribution in [0.2, 0.25) is 0 Å². The molecule has 0 aliphatic rings. The van der Waals surface area contributed by atoms with Crippen molar-refractivity contribution in [2.24, 2.45) is 14.1 Å². The molecule has 0 aliphatic heterocycles. The molecule has 4 heterocycles. The third-order valence-electron chi connectivity index (χ3n) is 7.80. The van der Waals surface area contributed by atoms with Crippen molar-refractivity contribution in [3.8, 4) is 22.6 Å². The van der Waals surface area contributed by atoms with Crippen molar-refractivity contribution in [1.82, 2.24) is 28.7 Å². The van der Waals surface area contributed by atoms with Crippen LogP contribution < -0.4 is 5.56 Å². The molecular weight excluding hydrogens is 508 g/mol. The van der Waals surface area contributed by atoms with Crippen molar-refractivity contribution in [2.45, 2.75) is 13.0 Å². The summed E-state index contributed by atoms with van der Waals surface area (Å²) in [6, 6.07) is 30.2. The molecule has 7 nitrogen and oxygen atoms in total. The number of aryl methyl sites for hydroxylation is 3. The van der Waals surface area contributed by atoms with Gasteiger partial charge < -0.3 is 13.7 Å². The minimum atomic E-state index is -0.265. The molecule has 7 rings (SSSR count). The van der Waals surface area contributed by atoms with Crippen molar-refractivity contribution in [3.05, 3.63) is 137 Å². The summed E-state index contributed by atoms with van der Waals surface area (Å²) >= 11 is 0. The minimum Gasteiger partial charge on any atom is -0.336 e. The molecule has 200 valence electrons. The molecule has 1 unspecified atom stereocenters. The van der Waals surface area contributed by atoms with E-state index in [0.29, 0.717) is 0 Å². The summed E-state index contributed by atoms with van der Waals surface area (Å²) in [4.78, 5) is 27.3. The SMILES string of the molecule is Cc1cccc(-c2cc(=O)n(C)c3ccc(C(c4cncn4C)n4c(-c5ccccn5)nc5ccccc54)cc23)c1. The summed E-state index contributed by atoms with van der Waals surface area (Å²) in [7, 11) is 3.84. The van der Waals surface area contributed by atoms with Crippen LogP contribution in [0.1, 0.15) is 22.9 Å². The third-order valence-corrected chi connectivity index (χ3v) is 7.80. The van der Waals surface area contributed by atoms with Crippen LogP contribution in [0.4, 0.5) is 0 Å². The molecule has 4 aromatic heterocycles. The van der Waals surface area contributed by atoms with Crippen LogP contribution in [-0.2, 0) is 14.1 Å². The fourth-order valence-corrected chi connectivity index (χ4v) is 5.76. The summed E-state index contributed by atoms with van der Waals surface area (Å²) < 4.78 is 6.02. The zero-order valence-corrected chi connectivity index (χ0v) is 23.1. The molecule has 0 radical (unpaired) electrons. The molecule has 3 aromatic carbocycles. The zero-order valence-electron chi connectivity index (χ0n) is 23.1. The quantitative estimate of drug-likeness (QED) is 0.259. The first-order valence-corrected chi connectivity index (χ1v) is 13.5. The Balaban J connectivity index is 1.56. The van der Waals surface area contributed by atoms with Crippen molar-refractivity contribution >= 4 is 21.9 Å². The number of benzene rings is 3. The Bertz CT molecular complexity index is 2120. The van der Waals surface area contributed by atoms with Crippen molar-refractivity contribution < 1.29 is 0 Å². The predicted molar refractivity (Wildman–Crippen MR) is 163 cm³/mol. The van der Waals surface area contributed by atoms with Crippen molar-refractivity contribution in [3.63, 3.8) is 0 Å². The zero-order chi connectivity index (χ0) is 28.1. The van der Waals surface area contributed by atoms with E-state index in [1.54, 1.807) is 16.8 Å². The summed E-state index contributed by atoms with van der Waals surface area (Å²) in [6.07, 6.45) is 5.53. The highest BCUT2D eigenvalue weighted by atomic mass is 16.1. The number of para-hydroxylation sites is 2.